The Hall–Kier alpha value is -3.10. The van der Waals surface area contributed by atoms with Gasteiger partial charge >= 0.3 is 0 Å². The Morgan fingerprint density at radius 3 is 2.68 bits per heavy atom. The van der Waals surface area contributed by atoms with Crippen molar-refractivity contribution in [1.29, 1.82) is 0 Å². The molecule has 156 valence electrons. The van der Waals surface area contributed by atoms with E-state index in [1.807, 2.05) is 24.3 Å². The second-order valence-corrected chi connectivity index (χ2v) is 8.82. The molecule has 8 heteroatoms. The Labute approximate surface area is 187 Å². The highest BCUT2D eigenvalue weighted by atomic mass is 32.2. The van der Waals surface area contributed by atoms with E-state index in [0.717, 1.165) is 32.6 Å². The fourth-order valence-corrected chi connectivity index (χ4v) is 5.35. The minimum Gasteiger partial charge on any atom is -0.493 e. The minimum absolute atomic E-state index is 0.697. The topological polar surface area (TPSA) is 61.5 Å². The highest BCUT2D eigenvalue weighted by molar-refractivity contribution is 7.98. The lowest BCUT2D eigenvalue weighted by molar-refractivity contribution is 0.355. The summed E-state index contributed by atoms with van der Waals surface area (Å²) in [6.07, 6.45) is 0. The number of ether oxygens (including phenoxy) is 2. The summed E-state index contributed by atoms with van der Waals surface area (Å²) in [5.74, 6) is 2.12. The molecule has 5 aromatic rings. The number of hydrogen-bond donors (Lipinski definition) is 0. The Balaban J connectivity index is 1.41. The number of fused-ring (bicyclic) bond motifs is 3. The van der Waals surface area contributed by atoms with E-state index in [1.165, 1.54) is 10.9 Å². The molecule has 2 aromatic carbocycles. The largest absolute Gasteiger partial charge is 0.493 e. The highest BCUT2D eigenvalue weighted by Crippen LogP contribution is 2.34. The maximum absolute atomic E-state index is 5.42. The summed E-state index contributed by atoms with van der Waals surface area (Å²) in [7, 11) is 3.27. The van der Waals surface area contributed by atoms with Crippen LogP contribution in [-0.4, -0.2) is 33.8 Å². The molecule has 0 spiro atoms. The number of thioether (sulfide) groups is 1. The molecule has 0 aliphatic carbocycles. The van der Waals surface area contributed by atoms with Gasteiger partial charge in [0.15, 0.2) is 22.3 Å². The average Bonchev–Trinajstić information content (AvgIpc) is 3.44. The molecule has 0 atom stereocenters. The second kappa shape index (κ2) is 8.20. The zero-order chi connectivity index (χ0) is 21.4. The van der Waals surface area contributed by atoms with Gasteiger partial charge in [-0.2, -0.15) is 0 Å². The lowest BCUT2D eigenvalue weighted by Crippen LogP contribution is -1.93. The van der Waals surface area contributed by atoms with Gasteiger partial charge in [0.2, 0.25) is 0 Å². The van der Waals surface area contributed by atoms with E-state index in [4.69, 9.17) is 14.5 Å². The number of hydrogen-bond acceptors (Lipinski definition) is 7. The van der Waals surface area contributed by atoms with Crippen LogP contribution in [0.5, 0.6) is 11.5 Å². The van der Waals surface area contributed by atoms with Gasteiger partial charge in [-0.1, -0.05) is 30.0 Å². The molecule has 0 bridgehead atoms. The van der Waals surface area contributed by atoms with Gasteiger partial charge in [0.25, 0.3) is 0 Å². The summed E-state index contributed by atoms with van der Waals surface area (Å²) in [5, 5.41) is 13.9. The van der Waals surface area contributed by atoms with Crippen molar-refractivity contribution in [2.24, 2.45) is 0 Å². The van der Waals surface area contributed by atoms with Crippen molar-refractivity contribution in [3.63, 3.8) is 0 Å². The summed E-state index contributed by atoms with van der Waals surface area (Å²) in [5.41, 5.74) is 5.20. The van der Waals surface area contributed by atoms with Gasteiger partial charge in [-0.25, -0.2) is 4.98 Å². The molecular formula is C23H20N4O2S2. The van der Waals surface area contributed by atoms with Crippen LogP contribution in [0.25, 0.3) is 27.1 Å². The average molecular weight is 449 g/mol. The Morgan fingerprint density at radius 1 is 1.00 bits per heavy atom. The van der Waals surface area contributed by atoms with Crippen LogP contribution in [0.4, 0.5) is 0 Å². The molecule has 3 heterocycles. The minimum atomic E-state index is 0.697. The van der Waals surface area contributed by atoms with Gasteiger partial charge in [0, 0.05) is 22.1 Å². The van der Waals surface area contributed by atoms with Crippen LogP contribution in [0.3, 0.4) is 0 Å². The van der Waals surface area contributed by atoms with Crippen LogP contribution >= 0.6 is 23.1 Å². The number of thiazole rings is 1. The van der Waals surface area contributed by atoms with Gasteiger partial charge in [0.1, 0.15) is 5.01 Å². The Bertz CT molecular complexity index is 1390. The van der Waals surface area contributed by atoms with E-state index in [2.05, 4.69) is 51.2 Å². The highest BCUT2D eigenvalue weighted by Gasteiger charge is 2.14. The van der Waals surface area contributed by atoms with E-state index in [0.29, 0.717) is 17.3 Å². The fraction of sp³-hybridized carbons (Fsp3) is 0.174. The molecule has 0 fully saturated rings. The number of nitrogens with zero attached hydrogens (tertiary/aromatic N) is 4. The third-order valence-corrected chi connectivity index (χ3v) is 7.01. The van der Waals surface area contributed by atoms with Gasteiger partial charge in [-0.05, 0) is 42.8 Å². The van der Waals surface area contributed by atoms with Crippen molar-refractivity contribution in [2.75, 3.05) is 14.2 Å². The molecule has 5 rings (SSSR count). The number of benzene rings is 2. The summed E-state index contributed by atoms with van der Waals surface area (Å²) in [4.78, 5) is 4.81. The summed E-state index contributed by atoms with van der Waals surface area (Å²) in [6.45, 7) is 2.11. The first kappa shape index (κ1) is 19.8. The van der Waals surface area contributed by atoms with Gasteiger partial charge in [0.05, 0.1) is 25.4 Å². The monoisotopic (exact) mass is 448 g/mol. The van der Waals surface area contributed by atoms with Crippen LogP contribution in [0.1, 0.15) is 11.3 Å². The van der Waals surface area contributed by atoms with Gasteiger partial charge in [-0.3, -0.25) is 4.40 Å². The van der Waals surface area contributed by atoms with Crippen molar-refractivity contribution < 1.29 is 9.47 Å². The van der Waals surface area contributed by atoms with Crippen molar-refractivity contribution >= 4 is 39.6 Å². The normalized spacial score (nSPS) is 11.3. The first-order chi connectivity index (χ1) is 15.2. The van der Waals surface area contributed by atoms with Crippen molar-refractivity contribution in [3.05, 3.63) is 65.2 Å². The number of para-hydroxylation sites is 1. The molecule has 0 aliphatic heterocycles. The van der Waals surface area contributed by atoms with E-state index < -0.39 is 0 Å². The van der Waals surface area contributed by atoms with Crippen LogP contribution in [0.15, 0.2) is 59.1 Å². The number of aryl methyl sites for hydroxylation is 1. The SMILES string of the molecule is COc1ccc(-c2nc(CSc3nnc4cc(C)c5ccccc5n34)cs2)cc1OC. The third-order valence-electron chi connectivity index (χ3n) is 5.11. The smallest absolute Gasteiger partial charge is 0.196 e. The zero-order valence-electron chi connectivity index (χ0n) is 17.3. The van der Waals surface area contributed by atoms with Crippen LogP contribution in [-0.2, 0) is 5.75 Å². The first-order valence-electron chi connectivity index (χ1n) is 9.71. The van der Waals surface area contributed by atoms with E-state index in [9.17, 15) is 0 Å². The van der Waals surface area contributed by atoms with Crippen LogP contribution < -0.4 is 9.47 Å². The van der Waals surface area contributed by atoms with Crippen LogP contribution in [0, 0.1) is 6.92 Å². The molecule has 6 nitrogen and oxygen atoms in total. The predicted molar refractivity (Wildman–Crippen MR) is 125 cm³/mol. The molecule has 0 N–H and O–H groups in total. The first-order valence-corrected chi connectivity index (χ1v) is 11.6. The lowest BCUT2D eigenvalue weighted by Gasteiger charge is -2.08. The fourth-order valence-electron chi connectivity index (χ4n) is 3.58. The quantitative estimate of drug-likeness (QED) is 0.314. The third kappa shape index (κ3) is 3.62. The number of aromatic nitrogens is 4. The summed E-state index contributed by atoms with van der Waals surface area (Å²) in [6, 6.07) is 16.3. The van der Waals surface area contributed by atoms with Gasteiger partial charge in [-0.15, -0.1) is 21.5 Å². The van der Waals surface area contributed by atoms with Gasteiger partial charge < -0.3 is 9.47 Å². The predicted octanol–water partition coefficient (Wildman–Crippen LogP) is 5.62. The van der Waals surface area contributed by atoms with E-state index in [1.54, 1.807) is 37.3 Å². The maximum atomic E-state index is 5.42. The Kier molecular flexibility index (Phi) is 5.25. The standard InChI is InChI=1S/C23H20N4O2S2/c1-14-10-21-25-26-23(27(21)18-7-5-4-6-17(14)18)31-13-16-12-30-22(24-16)15-8-9-19(28-2)20(11-15)29-3/h4-12H,13H2,1-3H3. The molecule has 31 heavy (non-hydrogen) atoms. The van der Waals surface area contributed by atoms with Crippen molar-refractivity contribution in [3.8, 4) is 22.1 Å². The molecule has 0 unspecified atom stereocenters. The number of methoxy groups -OCH3 is 2. The molecule has 0 saturated heterocycles. The second-order valence-electron chi connectivity index (χ2n) is 7.02. The van der Waals surface area contributed by atoms with E-state index >= 15 is 0 Å². The zero-order valence-corrected chi connectivity index (χ0v) is 19.0. The molecule has 3 aromatic heterocycles. The molecule has 0 amide bonds. The van der Waals surface area contributed by atoms with Crippen LogP contribution in [0.2, 0.25) is 0 Å². The van der Waals surface area contributed by atoms with E-state index in [-0.39, 0.29) is 0 Å². The number of pyridine rings is 1. The molecule has 0 saturated carbocycles. The number of rotatable bonds is 6. The maximum Gasteiger partial charge on any atom is 0.196 e. The Morgan fingerprint density at radius 2 is 1.84 bits per heavy atom. The molecule has 0 radical (unpaired) electrons. The lowest BCUT2D eigenvalue weighted by atomic mass is 10.1. The molecule has 0 aliphatic rings. The van der Waals surface area contributed by atoms with Crippen molar-refractivity contribution in [1.82, 2.24) is 19.6 Å². The molecular weight excluding hydrogens is 428 g/mol. The summed E-state index contributed by atoms with van der Waals surface area (Å²) < 4.78 is 12.9. The van der Waals surface area contributed by atoms with Crippen molar-refractivity contribution in [2.45, 2.75) is 17.8 Å². The summed E-state index contributed by atoms with van der Waals surface area (Å²) >= 11 is 3.26.